The molecule has 1 saturated heterocycles. The molecule has 0 radical (unpaired) electrons. The molecule has 0 unspecified atom stereocenters. The first kappa shape index (κ1) is 18.3. The van der Waals surface area contributed by atoms with Crippen molar-refractivity contribution in [3.05, 3.63) is 29.8 Å². The number of nitrogens with one attached hydrogen (secondary N) is 1. The molecule has 1 heterocycles. The normalized spacial score (nSPS) is 22.0. The molecule has 8 heteroatoms. The molecule has 0 bridgehead atoms. The summed E-state index contributed by atoms with van der Waals surface area (Å²) in [7, 11) is 0.669. The average Bonchev–Trinajstić information content (AvgIpc) is 2.78. The van der Waals surface area contributed by atoms with E-state index in [1.165, 1.54) is 0 Å². The highest BCUT2D eigenvalue weighted by atomic mass is 32.2. The van der Waals surface area contributed by atoms with Crippen molar-refractivity contribution in [3.63, 3.8) is 0 Å². The van der Waals surface area contributed by atoms with E-state index in [4.69, 9.17) is 4.74 Å². The molecule has 1 aliphatic heterocycles. The van der Waals surface area contributed by atoms with Crippen LogP contribution in [-0.2, 0) is 19.4 Å². The Balaban J connectivity index is 1.86. The molecular weight excluding hydrogens is 332 g/mol. The van der Waals surface area contributed by atoms with Crippen LogP contribution in [0, 0.1) is 0 Å². The number of nitrogens with zero attached hydrogens (tertiary/aromatic N) is 1. The number of hydrogen-bond acceptors (Lipinski definition) is 6. The maximum Gasteiger partial charge on any atom is 0.338 e. The average molecular weight is 354 g/mol. The van der Waals surface area contributed by atoms with Crippen LogP contribution in [0.4, 0.5) is 5.69 Å². The fourth-order valence-corrected chi connectivity index (χ4v) is 4.68. The molecule has 1 N–H and O–H groups in total. The minimum absolute atomic E-state index is 0.0573. The molecule has 0 aromatic heterocycles. The third kappa shape index (κ3) is 4.70. The number of rotatable bonds is 5. The molecule has 1 aliphatic rings. The second kappa shape index (κ2) is 6.80. The first-order valence-corrected chi connectivity index (χ1v) is 9.38. The lowest BCUT2D eigenvalue weighted by Gasteiger charge is -2.23. The van der Waals surface area contributed by atoms with Gasteiger partial charge in [-0.1, -0.05) is 0 Å². The summed E-state index contributed by atoms with van der Waals surface area (Å²) < 4.78 is 28.0. The maximum absolute atomic E-state index is 11.9. The summed E-state index contributed by atoms with van der Waals surface area (Å²) in [5, 5.41) is 2.64. The largest absolute Gasteiger partial charge is 0.452 e. The Morgan fingerprint density at radius 2 is 1.88 bits per heavy atom. The molecule has 0 saturated carbocycles. The van der Waals surface area contributed by atoms with E-state index >= 15 is 0 Å². The number of hydrogen-bond donors (Lipinski definition) is 1. The Morgan fingerprint density at radius 1 is 1.25 bits per heavy atom. The predicted molar refractivity (Wildman–Crippen MR) is 90.9 cm³/mol. The van der Waals surface area contributed by atoms with Crippen LogP contribution >= 0.6 is 0 Å². The first-order valence-electron chi connectivity index (χ1n) is 7.56. The number of amides is 1. The highest BCUT2D eigenvalue weighted by molar-refractivity contribution is 7.91. The topological polar surface area (TPSA) is 92.8 Å². The number of sulfone groups is 1. The molecule has 1 aromatic rings. The Kier molecular flexibility index (Phi) is 5.17. The quantitative estimate of drug-likeness (QED) is 0.779. The van der Waals surface area contributed by atoms with Gasteiger partial charge in [-0.3, -0.25) is 4.79 Å². The van der Waals surface area contributed by atoms with E-state index in [9.17, 15) is 18.0 Å². The van der Waals surface area contributed by atoms with Crippen LogP contribution in [0.2, 0.25) is 0 Å². The third-order valence-electron chi connectivity index (χ3n) is 3.90. The van der Waals surface area contributed by atoms with Gasteiger partial charge < -0.3 is 15.0 Å². The molecule has 1 fully saturated rings. The van der Waals surface area contributed by atoms with Crippen molar-refractivity contribution in [3.8, 4) is 0 Å². The van der Waals surface area contributed by atoms with E-state index in [0.717, 1.165) is 5.69 Å². The van der Waals surface area contributed by atoms with Crippen LogP contribution < -0.4 is 10.2 Å². The summed E-state index contributed by atoms with van der Waals surface area (Å²) >= 11 is 0. The van der Waals surface area contributed by atoms with Gasteiger partial charge in [0.25, 0.3) is 5.91 Å². The molecule has 1 atom stereocenters. The molecule has 0 spiro atoms. The zero-order valence-corrected chi connectivity index (χ0v) is 14.9. The molecule has 1 amide bonds. The predicted octanol–water partition coefficient (Wildman–Crippen LogP) is 0.603. The first-order chi connectivity index (χ1) is 11.1. The second-order valence-corrected chi connectivity index (χ2v) is 8.65. The van der Waals surface area contributed by atoms with Gasteiger partial charge >= 0.3 is 5.97 Å². The molecule has 24 heavy (non-hydrogen) atoms. The zero-order chi connectivity index (χ0) is 18.0. The van der Waals surface area contributed by atoms with Gasteiger partial charge in [0, 0.05) is 19.8 Å². The van der Waals surface area contributed by atoms with Crippen LogP contribution in [0.25, 0.3) is 0 Å². The Bertz CT molecular complexity index is 727. The van der Waals surface area contributed by atoms with Crippen LogP contribution in [0.15, 0.2) is 24.3 Å². The minimum atomic E-state index is -3.11. The summed E-state index contributed by atoms with van der Waals surface area (Å²) in [6, 6.07) is 6.81. The molecule has 7 nitrogen and oxygen atoms in total. The van der Waals surface area contributed by atoms with Crippen molar-refractivity contribution in [2.75, 3.05) is 37.1 Å². The molecule has 0 aliphatic carbocycles. The summed E-state index contributed by atoms with van der Waals surface area (Å²) in [5.74, 6) is -1.14. The van der Waals surface area contributed by atoms with Crippen molar-refractivity contribution in [2.45, 2.75) is 18.9 Å². The van der Waals surface area contributed by atoms with E-state index in [1.807, 2.05) is 19.0 Å². The van der Waals surface area contributed by atoms with Crippen molar-refractivity contribution in [2.24, 2.45) is 0 Å². The Hall–Kier alpha value is -2.09. The smallest absolute Gasteiger partial charge is 0.338 e. The third-order valence-corrected chi connectivity index (χ3v) is 5.80. The van der Waals surface area contributed by atoms with Gasteiger partial charge in [-0.2, -0.15) is 0 Å². The Morgan fingerprint density at radius 3 is 2.38 bits per heavy atom. The van der Waals surface area contributed by atoms with Crippen LogP contribution in [0.3, 0.4) is 0 Å². The highest BCUT2D eigenvalue weighted by Gasteiger charge is 2.39. The van der Waals surface area contributed by atoms with Crippen molar-refractivity contribution < 1.29 is 22.7 Å². The number of esters is 1. The standard InChI is InChI=1S/C16H22N2O5S/c1-16(8-9-24(21,22)11-16)17-14(19)10-23-15(20)12-4-6-13(7-5-12)18(2)3/h4-7H,8-11H2,1-3H3,(H,17,19)/t16-/m0/s1. The number of ether oxygens (including phenoxy) is 1. The lowest BCUT2D eigenvalue weighted by atomic mass is 10.0. The SMILES string of the molecule is CN(C)c1ccc(C(=O)OCC(=O)N[C@@]2(C)CCS(=O)(=O)C2)cc1. The van der Waals surface area contributed by atoms with Crippen LogP contribution in [-0.4, -0.2) is 58.0 Å². The van der Waals surface area contributed by atoms with Crippen LogP contribution in [0.1, 0.15) is 23.7 Å². The summed E-state index contributed by atoms with van der Waals surface area (Å²) in [4.78, 5) is 25.7. The molecule has 132 valence electrons. The lowest BCUT2D eigenvalue weighted by Crippen LogP contribution is -2.48. The van der Waals surface area contributed by atoms with Crippen molar-refractivity contribution >= 4 is 27.4 Å². The zero-order valence-electron chi connectivity index (χ0n) is 14.0. The minimum Gasteiger partial charge on any atom is -0.452 e. The lowest BCUT2D eigenvalue weighted by molar-refractivity contribution is -0.125. The van der Waals surface area contributed by atoms with Gasteiger partial charge in [0.15, 0.2) is 16.4 Å². The molecule has 2 rings (SSSR count). The van der Waals surface area contributed by atoms with Gasteiger partial charge in [-0.05, 0) is 37.6 Å². The van der Waals surface area contributed by atoms with E-state index in [2.05, 4.69) is 5.32 Å². The highest BCUT2D eigenvalue weighted by Crippen LogP contribution is 2.22. The molecular formula is C16H22N2O5S. The summed E-state index contributed by atoms with van der Waals surface area (Å²) in [5.41, 5.74) is 0.498. The fraction of sp³-hybridized carbons (Fsp3) is 0.500. The van der Waals surface area contributed by atoms with E-state index in [1.54, 1.807) is 31.2 Å². The molecule has 1 aromatic carbocycles. The maximum atomic E-state index is 11.9. The summed E-state index contributed by atoms with van der Waals surface area (Å²) in [6.07, 6.45) is 0.362. The van der Waals surface area contributed by atoms with Gasteiger partial charge in [-0.15, -0.1) is 0 Å². The van der Waals surface area contributed by atoms with Crippen LogP contribution in [0.5, 0.6) is 0 Å². The van der Waals surface area contributed by atoms with Gasteiger partial charge in [-0.25, -0.2) is 13.2 Å². The summed E-state index contributed by atoms with van der Waals surface area (Å²) in [6.45, 7) is 1.24. The van der Waals surface area contributed by atoms with E-state index < -0.39 is 33.9 Å². The number of carbonyl (C=O) groups is 2. The number of anilines is 1. The number of carbonyl (C=O) groups excluding carboxylic acids is 2. The van der Waals surface area contributed by atoms with Gasteiger partial charge in [0.1, 0.15) is 0 Å². The van der Waals surface area contributed by atoms with Crippen molar-refractivity contribution in [1.29, 1.82) is 0 Å². The Labute approximate surface area is 141 Å². The number of benzene rings is 1. The van der Waals surface area contributed by atoms with E-state index in [-0.39, 0.29) is 11.5 Å². The monoisotopic (exact) mass is 354 g/mol. The second-order valence-electron chi connectivity index (χ2n) is 6.47. The van der Waals surface area contributed by atoms with Crippen molar-refractivity contribution in [1.82, 2.24) is 5.32 Å². The van der Waals surface area contributed by atoms with E-state index in [0.29, 0.717) is 12.0 Å². The van der Waals surface area contributed by atoms with Gasteiger partial charge in [0.05, 0.1) is 22.6 Å². The van der Waals surface area contributed by atoms with Gasteiger partial charge in [0.2, 0.25) is 0 Å². The fourth-order valence-electron chi connectivity index (χ4n) is 2.59.